The number of hydrogen-bond donors (Lipinski definition) is 1. The summed E-state index contributed by atoms with van der Waals surface area (Å²) in [6.45, 7) is 0. The highest BCUT2D eigenvalue weighted by molar-refractivity contribution is 5.54. The van der Waals surface area contributed by atoms with Gasteiger partial charge in [0.15, 0.2) is 0 Å². The van der Waals surface area contributed by atoms with Gasteiger partial charge in [-0.05, 0) is 12.0 Å². The first-order valence-corrected chi connectivity index (χ1v) is 6.28. The van der Waals surface area contributed by atoms with Gasteiger partial charge >= 0.3 is 0 Å². The largest absolute Gasteiger partial charge is 0.362 e. The first-order chi connectivity index (χ1) is 9.70. The van der Waals surface area contributed by atoms with E-state index in [0.717, 1.165) is 5.56 Å². The zero-order valence-electron chi connectivity index (χ0n) is 10.5. The van der Waals surface area contributed by atoms with Crippen LogP contribution in [0.1, 0.15) is 29.6 Å². The Balaban J connectivity index is 2.02. The molecular weight excluding hydrogens is 262 g/mol. The molecule has 1 N–H and O–H groups in total. The maximum atomic E-state index is 13.2. The average Bonchev–Trinajstić information content (AvgIpc) is 2.89. The number of aromatic nitrogens is 2. The number of hydrogen-bond acceptors (Lipinski definition) is 3. The zero-order valence-corrected chi connectivity index (χ0v) is 10.5. The summed E-state index contributed by atoms with van der Waals surface area (Å²) in [6, 6.07) is 10.1. The number of nitriles is 1. The third kappa shape index (κ3) is 2.01. The molecule has 0 unspecified atom stereocenters. The Morgan fingerprint density at radius 1 is 1.35 bits per heavy atom. The second-order valence-corrected chi connectivity index (χ2v) is 4.71. The lowest BCUT2D eigenvalue weighted by molar-refractivity contribution is 0.0658. The monoisotopic (exact) mass is 274 g/mol. The summed E-state index contributed by atoms with van der Waals surface area (Å²) in [6.07, 6.45) is -0.958. The van der Waals surface area contributed by atoms with Gasteiger partial charge in [-0.15, -0.1) is 0 Å². The fraction of sp³-hybridized carbons (Fsp3) is 0.286. The third-order valence-electron chi connectivity index (χ3n) is 3.51. The Bertz CT molecular complexity index is 645. The number of anilines is 1. The highest BCUT2D eigenvalue weighted by Gasteiger charge is 2.35. The van der Waals surface area contributed by atoms with E-state index in [-0.39, 0.29) is 18.0 Å². The molecule has 0 radical (unpaired) electrons. The van der Waals surface area contributed by atoms with E-state index in [4.69, 9.17) is 5.26 Å². The second-order valence-electron chi connectivity index (χ2n) is 4.71. The second kappa shape index (κ2) is 4.93. The van der Waals surface area contributed by atoms with Crippen molar-refractivity contribution in [3.05, 3.63) is 47.7 Å². The highest BCUT2D eigenvalue weighted by atomic mass is 19.3. The number of benzene rings is 1. The van der Waals surface area contributed by atoms with Crippen molar-refractivity contribution < 1.29 is 8.78 Å². The molecule has 3 rings (SSSR count). The van der Waals surface area contributed by atoms with Crippen molar-refractivity contribution in [2.75, 3.05) is 5.32 Å². The van der Waals surface area contributed by atoms with Crippen LogP contribution in [0.4, 0.5) is 14.6 Å². The van der Waals surface area contributed by atoms with Crippen LogP contribution < -0.4 is 5.32 Å². The topological polar surface area (TPSA) is 53.6 Å². The lowest BCUT2D eigenvalue weighted by Gasteiger charge is -2.32. The van der Waals surface area contributed by atoms with Crippen molar-refractivity contribution in [1.29, 1.82) is 5.26 Å². The van der Waals surface area contributed by atoms with E-state index < -0.39 is 12.5 Å². The van der Waals surface area contributed by atoms with Crippen LogP contribution in [-0.2, 0) is 0 Å². The Kier molecular flexibility index (Phi) is 3.11. The first-order valence-electron chi connectivity index (χ1n) is 6.28. The van der Waals surface area contributed by atoms with Gasteiger partial charge in [0.2, 0.25) is 0 Å². The Labute approximate surface area is 114 Å². The molecule has 0 aliphatic carbocycles. The third-order valence-corrected chi connectivity index (χ3v) is 3.51. The summed E-state index contributed by atoms with van der Waals surface area (Å²) in [5.41, 5.74) is 1.21. The highest BCUT2D eigenvalue weighted by Crippen LogP contribution is 2.38. The van der Waals surface area contributed by atoms with Crippen molar-refractivity contribution in [1.82, 2.24) is 9.78 Å². The molecule has 4 nitrogen and oxygen atoms in total. The Hall–Kier alpha value is -2.42. The van der Waals surface area contributed by atoms with Crippen molar-refractivity contribution >= 4 is 5.82 Å². The van der Waals surface area contributed by atoms with Crippen LogP contribution in [0.25, 0.3) is 0 Å². The van der Waals surface area contributed by atoms with Crippen LogP contribution in [0.15, 0.2) is 36.5 Å². The van der Waals surface area contributed by atoms with E-state index in [1.807, 2.05) is 36.4 Å². The lowest BCUT2D eigenvalue weighted by atomic mass is 9.97. The molecule has 6 heteroatoms. The lowest BCUT2D eigenvalue weighted by Crippen LogP contribution is -2.31. The van der Waals surface area contributed by atoms with Gasteiger partial charge < -0.3 is 5.32 Å². The maximum Gasteiger partial charge on any atom is 0.260 e. The van der Waals surface area contributed by atoms with Gasteiger partial charge in [-0.3, -0.25) is 0 Å². The summed E-state index contributed by atoms with van der Waals surface area (Å²) in [7, 11) is 0. The van der Waals surface area contributed by atoms with E-state index in [1.54, 1.807) is 0 Å². The minimum absolute atomic E-state index is 0.237. The van der Waals surface area contributed by atoms with E-state index in [9.17, 15) is 8.78 Å². The number of alkyl halides is 2. The van der Waals surface area contributed by atoms with Crippen molar-refractivity contribution in [3.63, 3.8) is 0 Å². The summed E-state index contributed by atoms with van der Waals surface area (Å²) in [5, 5.41) is 16.1. The number of halogens is 2. The molecule has 0 saturated heterocycles. The Morgan fingerprint density at radius 3 is 2.75 bits per heavy atom. The molecule has 1 aliphatic rings. The molecule has 20 heavy (non-hydrogen) atoms. The molecule has 0 saturated carbocycles. The molecule has 0 spiro atoms. The van der Waals surface area contributed by atoms with E-state index in [2.05, 4.69) is 10.4 Å². The molecule has 2 aromatic rings. The van der Waals surface area contributed by atoms with Gasteiger partial charge in [0.1, 0.15) is 23.5 Å². The van der Waals surface area contributed by atoms with E-state index in [0.29, 0.717) is 5.82 Å². The van der Waals surface area contributed by atoms with Crippen molar-refractivity contribution in [3.8, 4) is 6.07 Å². The minimum atomic E-state index is -2.52. The van der Waals surface area contributed by atoms with Crippen molar-refractivity contribution in [2.45, 2.75) is 24.9 Å². The molecule has 0 amide bonds. The van der Waals surface area contributed by atoms with Gasteiger partial charge in [0.05, 0.1) is 12.2 Å². The minimum Gasteiger partial charge on any atom is -0.362 e. The van der Waals surface area contributed by atoms with E-state index in [1.165, 1.54) is 10.9 Å². The summed E-state index contributed by atoms with van der Waals surface area (Å²) in [4.78, 5) is 0. The molecule has 0 bridgehead atoms. The number of fused-ring (bicyclic) bond motifs is 1. The predicted molar refractivity (Wildman–Crippen MR) is 69.4 cm³/mol. The van der Waals surface area contributed by atoms with Crippen LogP contribution >= 0.6 is 0 Å². The predicted octanol–water partition coefficient (Wildman–Crippen LogP) is 3.12. The summed E-state index contributed by atoms with van der Waals surface area (Å²) < 4.78 is 27.7. The summed E-state index contributed by atoms with van der Waals surface area (Å²) >= 11 is 0. The normalized spacial score (nSPS) is 21.1. The van der Waals surface area contributed by atoms with Crippen molar-refractivity contribution in [2.24, 2.45) is 0 Å². The molecule has 1 aliphatic heterocycles. The summed E-state index contributed by atoms with van der Waals surface area (Å²) in [5.74, 6) is 0.373. The van der Waals surface area contributed by atoms with Crippen LogP contribution in [-0.4, -0.2) is 16.2 Å². The van der Waals surface area contributed by atoms with Gasteiger partial charge in [0.25, 0.3) is 6.43 Å². The van der Waals surface area contributed by atoms with Gasteiger partial charge in [-0.2, -0.15) is 10.4 Å². The van der Waals surface area contributed by atoms with Crippen LogP contribution in [0.5, 0.6) is 0 Å². The van der Waals surface area contributed by atoms with Crippen LogP contribution in [0.3, 0.4) is 0 Å². The standard InChI is InChI=1S/C14H12F2N4/c15-13(16)12-6-11(9-4-2-1-3-5-9)19-14-10(7-17)8-18-20(12)14/h1-5,8,11-13,19H,6H2/t11-,12+/m0/s1. The fourth-order valence-corrected chi connectivity index (χ4v) is 2.52. The smallest absolute Gasteiger partial charge is 0.260 e. The Morgan fingerprint density at radius 2 is 2.10 bits per heavy atom. The number of rotatable bonds is 2. The molecule has 102 valence electrons. The first kappa shape index (κ1) is 12.6. The number of nitrogens with one attached hydrogen (secondary N) is 1. The van der Waals surface area contributed by atoms with E-state index >= 15 is 0 Å². The van der Waals surface area contributed by atoms with Gasteiger partial charge in [-0.1, -0.05) is 30.3 Å². The molecule has 0 fully saturated rings. The molecule has 2 atom stereocenters. The van der Waals surface area contributed by atoms with Gasteiger partial charge in [-0.25, -0.2) is 13.5 Å². The molecule has 1 aromatic carbocycles. The molecule has 1 aromatic heterocycles. The molecular formula is C14H12F2N4. The fourth-order valence-electron chi connectivity index (χ4n) is 2.52. The van der Waals surface area contributed by atoms with Gasteiger partial charge in [0, 0.05) is 0 Å². The quantitative estimate of drug-likeness (QED) is 0.915. The van der Waals surface area contributed by atoms with Crippen LogP contribution in [0, 0.1) is 11.3 Å². The molecule has 2 heterocycles. The van der Waals surface area contributed by atoms with Crippen LogP contribution in [0.2, 0.25) is 0 Å². The SMILES string of the molecule is N#Cc1cnn2c1N[C@H](c1ccccc1)C[C@@H]2C(F)F. The maximum absolute atomic E-state index is 13.2. The zero-order chi connectivity index (χ0) is 14.1. The number of nitrogens with zero attached hydrogens (tertiary/aromatic N) is 3. The average molecular weight is 274 g/mol.